The van der Waals surface area contributed by atoms with Gasteiger partial charge >= 0.3 is 8.25 Å². The Morgan fingerprint density at radius 1 is 0.875 bits per heavy atom. The van der Waals surface area contributed by atoms with Crippen LogP contribution in [-0.4, -0.2) is 42.9 Å². The second kappa shape index (κ2) is 6.64. The van der Waals surface area contributed by atoms with E-state index in [4.69, 9.17) is 0 Å². The van der Waals surface area contributed by atoms with Crippen molar-refractivity contribution in [1.29, 1.82) is 0 Å². The lowest BCUT2D eigenvalue weighted by atomic mass is 11.6. The van der Waals surface area contributed by atoms with E-state index in [2.05, 4.69) is 17.4 Å². The summed E-state index contributed by atoms with van der Waals surface area (Å²) in [5.74, 6) is 0. The van der Waals surface area contributed by atoms with Crippen LogP contribution in [0, 0.1) is 0 Å². The van der Waals surface area contributed by atoms with Crippen molar-refractivity contribution in [2.75, 3.05) is 26.1 Å². The van der Waals surface area contributed by atoms with Gasteiger partial charge < -0.3 is 0 Å². The van der Waals surface area contributed by atoms with Gasteiger partial charge in [0.05, 0.1) is 12.5 Å². The van der Waals surface area contributed by atoms with Crippen molar-refractivity contribution in [2.24, 2.45) is 0 Å². The molecular formula is C4H11O9PS2. The molecule has 0 radical (unpaired) electrons. The lowest BCUT2D eigenvalue weighted by molar-refractivity contribution is 0.0763. The standard InChI is InChI=1S/C4H11O9PS2/c1-15(6,7)12-3-10-14(5)11-4-13-16(2,8)9/h14H,3-4H2,1-2H3. The van der Waals surface area contributed by atoms with Crippen LogP contribution in [0.5, 0.6) is 0 Å². The Bertz CT molecular complexity index is 382. The smallest absolute Gasteiger partial charge is 0.282 e. The summed E-state index contributed by atoms with van der Waals surface area (Å²) in [7, 11) is -10.5. The lowest BCUT2D eigenvalue weighted by Gasteiger charge is -2.04. The van der Waals surface area contributed by atoms with Crippen molar-refractivity contribution in [3.05, 3.63) is 0 Å². The zero-order chi connectivity index (χ0) is 12.8. The summed E-state index contributed by atoms with van der Waals surface area (Å²) >= 11 is 0. The zero-order valence-corrected chi connectivity index (χ0v) is 11.0. The Hall–Kier alpha value is -0.0300. The molecule has 0 aromatic carbocycles. The van der Waals surface area contributed by atoms with Crippen molar-refractivity contribution in [2.45, 2.75) is 0 Å². The molecule has 9 nitrogen and oxygen atoms in total. The number of hydrogen-bond acceptors (Lipinski definition) is 9. The Kier molecular flexibility index (Phi) is 6.63. The molecule has 0 rings (SSSR count). The molecule has 0 aliphatic carbocycles. The second-order valence-corrected chi connectivity index (χ2v) is 6.78. The summed E-state index contributed by atoms with van der Waals surface area (Å²) in [6.07, 6.45) is 1.56. The third-order valence-electron chi connectivity index (χ3n) is 0.878. The van der Waals surface area contributed by atoms with Crippen molar-refractivity contribution in [3.8, 4) is 0 Å². The minimum Gasteiger partial charge on any atom is -0.282 e. The topological polar surface area (TPSA) is 122 Å². The molecule has 0 aromatic rings. The maximum Gasteiger partial charge on any atom is 0.323 e. The molecule has 0 aliphatic heterocycles. The third kappa shape index (κ3) is 12.0. The Balaban J connectivity index is 3.69. The molecule has 0 bridgehead atoms. The lowest BCUT2D eigenvalue weighted by Crippen LogP contribution is -2.06. The monoisotopic (exact) mass is 298 g/mol. The Labute approximate surface area is 93.8 Å². The van der Waals surface area contributed by atoms with Gasteiger partial charge in [0.2, 0.25) is 0 Å². The van der Waals surface area contributed by atoms with Crippen LogP contribution in [-0.2, 0) is 42.2 Å². The average molecular weight is 298 g/mol. The molecule has 0 aliphatic rings. The maximum atomic E-state index is 10.8. The molecule has 12 heteroatoms. The van der Waals surface area contributed by atoms with Crippen LogP contribution in [0.15, 0.2) is 0 Å². The molecule has 0 saturated carbocycles. The molecule has 0 N–H and O–H groups in total. The van der Waals surface area contributed by atoms with Gasteiger partial charge in [0, 0.05) is 0 Å². The van der Waals surface area contributed by atoms with Crippen LogP contribution in [0.25, 0.3) is 0 Å². The minimum absolute atomic E-state index is 0.779. The van der Waals surface area contributed by atoms with Crippen LogP contribution in [0.4, 0.5) is 0 Å². The van der Waals surface area contributed by atoms with Crippen molar-refractivity contribution >= 4 is 28.5 Å². The highest BCUT2D eigenvalue weighted by Crippen LogP contribution is 2.23. The molecule has 0 heterocycles. The first-order chi connectivity index (χ1) is 7.10. The number of hydrogen-bond donors (Lipinski definition) is 0. The van der Waals surface area contributed by atoms with E-state index in [1.807, 2.05) is 0 Å². The van der Waals surface area contributed by atoms with Crippen LogP contribution < -0.4 is 0 Å². The first-order valence-corrected chi connectivity index (χ1v) is 8.44. The molecule has 0 spiro atoms. The van der Waals surface area contributed by atoms with E-state index in [9.17, 15) is 21.4 Å². The van der Waals surface area contributed by atoms with Crippen molar-refractivity contribution in [3.63, 3.8) is 0 Å². The largest absolute Gasteiger partial charge is 0.323 e. The van der Waals surface area contributed by atoms with Gasteiger partial charge in [0.1, 0.15) is 0 Å². The van der Waals surface area contributed by atoms with Crippen LogP contribution >= 0.6 is 8.25 Å². The quantitative estimate of drug-likeness (QED) is 0.324. The Morgan fingerprint density at radius 2 is 1.19 bits per heavy atom. The van der Waals surface area contributed by atoms with Gasteiger partial charge in [0.15, 0.2) is 13.6 Å². The maximum absolute atomic E-state index is 10.8. The van der Waals surface area contributed by atoms with Gasteiger partial charge in [-0.2, -0.15) is 16.8 Å². The van der Waals surface area contributed by atoms with Crippen molar-refractivity contribution in [1.82, 2.24) is 0 Å². The molecular weight excluding hydrogens is 287 g/mol. The highest BCUT2D eigenvalue weighted by molar-refractivity contribution is 7.86. The van der Waals surface area contributed by atoms with Gasteiger partial charge in [-0.15, -0.1) is 0 Å². The first kappa shape index (κ1) is 16.0. The van der Waals surface area contributed by atoms with Gasteiger partial charge in [-0.25, -0.2) is 8.37 Å². The van der Waals surface area contributed by atoms with Gasteiger partial charge in [-0.1, -0.05) is 0 Å². The first-order valence-electron chi connectivity index (χ1n) is 3.58. The van der Waals surface area contributed by atoms with E-state index in [0.29, 0.717) is 0 Å². The molecule has 0 aromatic heterocycles. The van der Waals surface area contributed by atoms with Crippen LogP contribution in [0.3, 0.4) is 0 Å². The van der Waals surface area contributed by atoms with Gasteiger partial charge in [-0.3, -0.25) is 13.6 Å². The molecule has 0 saturated heterocycles. The highest BCUT2D eigenvalue weighted by Gasteiger charge is 2.07. The summed E-state index contributed by atoms with van der Waals surface area (Å²) < 4.78 is 69.2. The zero-order valence-electron chi connectivity index (χ0n) is 8.40. The predicted molar refractivity (Wildman–Crippen MR) is 52.8 cm³/mol. The molecule has 16 heavy (non-hydrogen) atoms. The van der Waals surface area contributed by atoms with Crippen LogP contribution in [0.1, 0.15) is 0 Å². The van der Waals surface area contributed by atoms with Crippen molar-refractivity contribution < 1.29 is 38.8 Å². The molecule has 98 valence electrons. The highest BCUT2D eigenvalue weighted by atomic mass is 32.2. The summed E-state index contributed by atoms with van der Waals surface area (Å²) in [5, 5.41) is 0. The summed E-state index contributed by atoms with van der Waals surface area (Å²) in [4.78, 5) is 0. The van der Waals surface area contributed by atoms with E-state index in [1.54, 1.807) is 0 Å². The minimum atomic E-state index is -3.69. The SMILES string of the molecule is CS(=O)(=O)OCO[PH](=O)OCOS(C)(=O)=O. The fourth-order valence-corrected chi connectivity index (χ4v) is 1.37. The normalized spacial score (nSPS) is 13.2. The fraction of sp³-hybridized carbons (Fsp3) is 1.00. The van der Waals surface area contributed by atoms with E-state index >= 15 is 0 Å². The van der Waals surface area contributed by atoms with E-state index in [1.165, 1.54) is 0 Å². The third-order valence-corrected chi connectivity index (χ3v) is 2.63. The molecule has 0 amide bonds. The molecule has 0 fully saturated rings. The summed E-state index contributed by atoms with van der Waals surface area (Å²) in [6, 6.07) is 0. The Morgan fingerprint density at radius 3 is 1.44 bits per heavy atom. The predicted octanol–water partition coefficient (Wildman–Crippen LogP) is -0.723. The van der Waals surface area contributed by atoms with E-state index in [0.717, 1.165) is 12.5 Å². The van der Waals surface area contributed by atoms with Gasteiger partial charge in [-0.05, 0) is 0 Å². The number of rotatable bonds is 8. The van der Waals surface area contributed by atoms with E-state index < -0.39 is 42.1 Å². The summed E-state index contributed by atoms with van der Waals surface area (Å²) in [5.41, 5.74) is 0. The molecule has 0 atom stereocenters. The molecule has 0 unspecified atom stereocenters. The average Bonchev–Trinajstić information content (AvgIpc) is 1.98. The van der Waals surface area contributed by atoms with Crippen LogP contribution in [0.2, 0.25) is 0 Å². The van der Waals surface area contributed by atoms with Gasteiger partial charge in [0.25, 0.3) is 20.2 Å². The van der Waals surface area contributed by atoms with E-state index in [-0.39, 0.29) is 0 Å². The second-order valence-electron chi connectivity index (χ2n) is 2.42. The fourth-order valence-electron chi connectivity index (χ4n) is 0.361. The summed E-state index contributed by atoms with van der Waals surface area (Å²) in [6.45, 7) is -1.56.